The Morgan fingerprint density at radius 1 is 1.13 bits per heavy atom. The summed E-state index contributed by atoms with van der Waals surface area (Å²) in [5.41, 5.74) is 10.4. The highest BCUT2D eigenvalue weighted by atomic mass is 79.9. The molecule has 0 unspecified atom stereocenters. The summed E-state index contributed by atoms with van der Waals surface area (Å²) in [6.07, 6.45) is 0.938. The lowest BCUT2D eigenvalue weighted by atomic mass is 10.0. The maximum Gasteiger partial charge on any atom is 0.123 e. The van der Waals surface area contributed by atoms with Gasteiger partial charge in [0.1, 0.15) is 11.5 Å². The van der Waals surface area contributed by atoms with Gasteiger partial charge in [0.2, 0.25) is 0 Å². The van der Waals surface area contributed by atoms with Gasteiger partial charge in [-0.1, -0.05) is 40.2 Å². The first-order chi connectivity index (χ1) is 11.1. The predicted molar refractivity (Wildman–Crippen MR) is 101 cm³/mol. The van der Waals surface area contributed by atoms with Crippen molar-refractivity contribution >= 4 is 43.3 Å². The Labute approximate surface area is 151 Å². The molecule has 0 aromatic heterocycles. The van der Waals surface area contributed by atoms with Crippen LogP contribution in [0, 0.1) is 0 Å². The monoisotopic (exact) mass is 435 g/mol. The first kappa shape index (κ1) is 16.1. The second kappa shape index (κ2) is 6.76. The third kappa shape index (κ3) is 3.28. The third-order valence-corrected chi connectivity index (χ3v) is 4.97. The van der Waals surface area contributed by atoms with Crippen molar-refractivity contribution in [2.75, 3.05) is 6.61 Å². The molecule has 2 aromatic carbocycles. The molecule has 3 rings (SSSR count). The normalized spacial score (nSPS) is 15.0. The van der Waals surface area contributed by atoms with Crippen LogP contribution in [-0.4, -0.2) is 12.3 Å². The topological polar surface area (TPSA) is 73.6 Å². The summed E-state index contributed by atoms with van der Waals surface area (Å²) in [4.78, 5) is 0. The molecule has 0 atom stereocenters. The van der Waals surface area contributed by atoms with Crippen LogP contribution in [0.4, 0.5) is 0 Å². The SMILES string of the molecule is NN=C(C(Br)=C(N)c1ccc2c(c1)OCC2)c1cccc(Br)c1. The van der Waals surface area contributed by atoms with E-state index in [4.69, 9.17) is 16.3 Å². The Bertz CT molecular complexity index is 815. The van der Waals surface area contributed by atoms with E-state index in [1.54, 1.807) is 0 Å². The molecular weight excluding hydrogens is 422 g/mol. The lowest BCUT2D eigenvalue weighted by Crippen LogP contribution is -2.10. The zero-order valence-corrected chi connectivity index (χ0v) is 15.4. The first-order valence-electron chi connectivity index (χ1n) is 7.05. The minimum atomic E-state index is 0.562. The molecule has 0 bridgehead atoms. The molecule has 4 N–H and O–H groups in total. The maximum absolute atomic E-state index is 6.31. The van der Waals surface area contributed by atoms with Crippen molar-refractivity contribution in [3.8, 4) is 5.75 Å². The molecule has 1 aliphatic rings. The fourth-order valence-corrected chi connectivity index (χ4v) is 3.44. The van der Waals surface area contributed by atoms with Gasteiger partial charge in [-0.25, -0.2) is 0 Å². The van der Waals surface area contributed by atoms with Crippen LogP contribution in [0.25, 0.3) is 5.70 Å². The third-order valence-electron chi connectivity index (χ3n) is 3.68. The Morgan fingerprint density at radius 3 is 2.70 bits per heavy atom. The van der Waals surface area contributed by atoms with Crippen molar-refractivity contribution in [2.24, 2.45) is 16.7 Å². The Balaban J connectivity index is 2.01. The molecule has 0 aliphatic carbocycles. The van der Waals surface area contributed by atoms with Gasteiger partial charge in [0, 0.05) is 22.0 Å². The van der Waals surface area contributed by atoms with E-state index in [1.165, 1.54) is 5.56 Å². The largest absolute Gasteiger partial charge is 0.493 e. The van der Waals surface area contributed by atoms with Gasteiger partial charge in [-0.15, -0.1) is 0 Å². The molecule has 4 nitrogen and oxygen atoms in total. The van der Waals surface area contributed by atoms with Gasteiger partial charge in [0.25, 0.3) is 0 Å². The Hall–Kier alpha value is -1.79. The number of rotatable bonds is 3. The highest BCUT2D eigenvalue weighted by molar-refractivity contribution is 9.12. The summed E-state index contributed by atoms with van der Waals surface area (Å²) < 4.78 is 7.20. The lowest BCUT2D eigenvalue weighted by molar-refractivity contribution is 0.356. The van der Waals surface area contributed by atoms with E-state index in [1.807, 2.05) is 42.5 Å². The smallest absolute Gasteiger partial charge is 0.123 e. The van der Waals surface area contributed by atoms with Crippen LogP contribution in [0.5, 0.6) is 5.75 Å². The molecule has 2 aromatic rings. The minimum absolute atomic E-state index is 0.562. The van der Waals surface area contributed by atoms with Gasteiger partial charge in [-0.05, 0) is 39.7 Å². The van der Waals surface area contributed by atoms with Crippen LogP contribution in [0.2, 0.25) is 0 Å². The van der Waals surface area contributed by atoms with Crippen LogP contribution >= 0.6 is 31.9 Å². The van der Waals surface area contributed by atoms with E-state index in [9.17, 15) is 0 Å². The fraction of sp³-hybridized carbons (Fsp3) is 0.118. The molecule has 0 saturated carbocycles. The number of hydrogen-bond donors (Lipinski definition) is 2. The number of fused-ring (bicyclic) bond motifs is 1. The summed E-state index contributed by atoms with van der Waals surface area (Å²) in [7, 11) is 0. The van der Waals surface area contributed by atoms with Crippen molar-refractivity contribution in [1.29, 1.82) is 0 Å². The van der Waals surface area contributed by atoms with Gasteiger partial charge >= 0.3 is 0 Å². The number of nitrogens with zero attached hydrogens (tertiary/aromatic N) is 1. The molecule has 0 saturated heterocycles. The van der Waals surface area contributed by atoms with E-state index >= 15 is 0 Å². The molecule has 23 heavy (non-hydrogen) atoms. The molecule has 0 spiro atoms. The van der Waals surface area contributed by atoms with Gasteiger partial charge < -0.3 is 16.3 Å². The van der Waals surface area contributed by atoms with Crippen molar-refractivity contribution in [3.63, 3.8) is 0 Å². The number of nitrogens with two attached hydrogens (primary N) is 2. The summed E-state index contributed by atoms with van der Waals surface area (Å²) in [6.45, 7) is 0.719. The Kier molecular flexibility index (Phi) is 4.73. The zero-order chi connectivity index (χ0) is 16.4. The number of hydrogen-bond acceptors (Lipinski definition) is 4. The highest BCUT2D eigenvalue weighted by Gasteiger charge is 2.16. The van der Waals surface area contributed by atoms with Crippen LogP contribution in [0.15, 0.2) is 56.5 Å². The van der Waals surface area contributed by atoms with E-state index in [0.29, 0.717) is 15.9 Å². The molecule has 1 heterocycles. The maximum atomic E-state index is 6.31. The van der Waals surface area contributed by atoms with Crippen LogP contribution < -0.4 is 16.3 Å². The molecule has 118 valence electrons. The standard InChI is InChI=1S/C17H15Br2N3O/c18-13-3-1-2-12(8-13)17(22-21)15(19)16(20)11-5-4-10-6-7-23-14(10)9-11/h1-5,8-9H,6-7,20-21H2. The summed E-state index contributed by atoms with van der Waals surface area (Å²) >= 11 is 6.99. The minimum Gasteiger partial charge on any atom is -0.493 e. The molecule has 1 aliphatic heterocycles. The second-order valence-electron chi connectivity index (χ2n) is 5.14. The molecular formula is C17H15Br2N3O. The van der Waals surface area contributed by atoms with Crippen molar-refractivity contribution in [3.05, 3.63) is 68.1 Å². The zero-order valence-electron chi connectivity index (χ0n) is 12.2. The molecule has 0 radical (unpaired) electrons. The van der Waals surface area contributed by atoms with Crippen LogP contribution in [-0.2, 0) is 6.42 Å². The number of benzene rings is 2. The highest BCUT2D eigenvalue weighted by Crippen LogP contribution is 2.30. The van der Waals surface area contributed by atoms with Crippen LogP contribution in [0.1, 0.15) is 16.7 Å². The van der Waals surface area contributed by atoms with E-state index in [-0.39, 0.29) is 0 Å². The number of allylic oxidation sites excluding steroid dienone is 1. The fourth-order valence-electron chi connectivity index (χ4n) is 2.48. The molecule has 0 fully saturated rings. The number of hydrazone groups is 1. The molecule has 0 amide bonds. The van der Waals surface area contributed by atoms with E-state index < -0.39 is 0 Å². The van der Waals surface area contributed by atoms with E-state index in [2.05, 4.69) is 37.0 Å². The van der Waals surface area contributed by atoms with Crippen molar-refractivity contribution < 1.29 is 4.74 Å². The van der Waals surface area contributed by atoms with Gasteiger partial charge in [0.15, 0.2) is 0 Å². The second-order valence-corrected chi connectivity index (χ2v) is 6.85. The van der Waals surface area contributed by atoms with Crippen molar-refractivity contribution in [2.45, 2.75) is 6.42 Å². The average molecular weight is 437 g/mol. The van der Waals surface area contributed by atoms with E-state index in [0.717, 1.165) is 34.4 Å². The quantitative estimate of drug-likeness (QED) is 0.437. The summed E-state index contributed by atoms with van der Waals surface area (Å²) in [5.74, 6) is 6.48. The van der Waals surface area contributed by atoms with Gasteiger partial charge in [-0.2, -0.15) is 5.10 Å². The van der Waals surface area contributed by atoms with Crippen molar-refractivity contribution in [1.82, 2.24) is 0 Å². The summed E-state index contributed by atoms with van der Waals surface area (Å²) in [6, 6.07) is 13.7. The number of ether oxygens (including phenoxy) is 1. The summed E-state index contributed by atoms with van der Waals surface area (Å²) in [5, 5.41) is 3.90. The van der Waals surface area contributed by atoms with Gasteiger partial charge in [-0.3, -0.25) is 0 Å². The predicted octanol–water partition coefficient (Wildman–Crippen LogP) is 3.77. The first-order valence-corrected chi connectivity index (χ1v) is 8.64. The average Bonchev–Trinajstić information content (AvgIpc) is 3.02. The van der Waals surface area contributed by atoms with Gasteiger partial charge in [0.05, 0.1) is 16.8 Å². The number of halogens is 2. The lowest BCUT2D eigenvalue weighted by Gasteiger charge is -2.11. The molecule has 6 heteroatoms. The Morgan fingerprint density at radius 2 is 1.96 bits per heavy atom. The van der Waals surface area contributed by atoms with Crippen LogP contribution in [0.3, 0.4) is 0 Å².